The number of benzene rings is 1. The van der Waals surface area contributed by atoms with E-state index in [1.807, 2.05) is 0 Å². The summed E-state index contributed by atoms with van der Waals surface area (Å²) in [6.45, 7) is 6.91. The zero-order valence-corrected chi connectivity index (χ0v) is 17.3. The Kier molecular flexibility index (Phi) is 5.74. The van der Waals surface area contributed by atoms with Crippen LogP contribution in [0.1, 0.15) is 72.7 Å². The van der Waals surface area contributed by atoms with Crippen molar-refractivity contribution in [2.75, 3.05) is 29.9 Å². The van der Waals surface area contributed by atoms with E-state index in [1.165, 1.54) is 56.3 Å². The molecule has 1 saturated heterocycles. The third-order valence-corrected chi connectivity index (χ3v) is 6.52. The van der Waals surface area contributed by atoms with Crippen LogP contribution in [0.3, 0.4) is 0 Å². The molecule has 0 unspecified atom stereocenters. The van der Waals surface area contributed by atoms with Gasteiger partial charge in [-0.2, -0.15) is 0 Å². The maximum absolute atomic E-state index is 12.9. The van der Waals surface area contributed by atoms with Crippen molar-refractivity contribution in [2.45, 2.75) is 64.8 Å². The lowest BCUT2D eigenvalue weighted by Crippen LogP contribution is -2.18. The van der Waals surface area contributed by atoms with Crippen LogP contribution >= 0.6 is 0 Å². The Hall–Kier alpha value is -2.23. The second kappa shape index (κ2) is 8.42. The Morgan fingerprint density at radius 3 is 2.36 bits per heavy atom. The number of nitrogens with zero attached hydrogens (tertiary/aromatic N) is 2. The SMILES string of the molecule is Cc1cc(C(=O)CNc2ccc(N3CCCC3)cc2)c(C)n1C1CCCCC1. The molecule has 4 rings (SSSR count). The molecule has 0 atom stereocenters. The van der Waals surface area contributed by atoms with Gasteiger partial charge in [-0.05, 0) is 69.9 Å². The van der Waals surface area contributed by atoms with Crippen LogP contribution in [0.15, 0.2) is 30.3 Å². The van der Waals surface area contributed by atoms with Gasteiger partial charge in [0, 0.05) is 47.5 Å². The van der Waals surface area contributed by atoms with Gasteiger partial charge in [0.15, 0.2) is 5.78 Å². The number of rotatable bonds is 6. The second-order valence-electron chi connectivity index (χ2n) is 8.46. The van der Waals surface area contributed by atoms with Gasteiger partial charge < -0.3 is 14.8 Å². The number of carbonyl (C=O) groups is 1. The monoisotopic (exact) mass is 379 g/mol. The highest BCUT2D eigenvalue weighted by Crippen LogP contribution is 2.32. The Bertz CT molecular complexity index is 809. The van der Waals surface area contributed by atoms with E-state index in [2.05, 4.69) is 59.0 Å². The van der Waals surface area contributed by atoms with E-state index in [1.54, 1.807) is 0 Å². The van der Waals surface area contributed by atoms with Gasteiger partial charge in [0.05, 0.1) is 6.54 Å². The number of nitrogens with one attached hydrogen (secondary N) is 1. The fourth-order valence-corrected chi connectivity index (χ4v) is 5.00. The molecule has 0 spiro atoms. The highest BCUT2D eigenvalue weighted by Gasteiger charge is 2.22. The molecule has 1 aromatic carbocycles. The molecular formula is C24H33N3O. The average Bonchev–Trinajstić information content (AvgIpc) is 3.35. The molecule has 0 amide bonds. The summed E-state index contributed by atoms with van der Waals surface area (Å²) in [7, 11) is 0. The lowest BCUT2D eigenvalue weighted by molar-refractivity contribution is 0.100. The number of Topliss-reactive ketones (excluding diaryl/α,β-unsaturated/α-hetero) is 1. The summed E-state index contributed by atoms with van der Waals surface area (Å²) in [5.41, 5.74) is 5.54. The second-order valence-corrected chi connectivity index (χ2v) is 8.46. The Morgan fingerprint density at radius 1 is 1.00 bits per heavy atom. The predicted octanol–water partition coefficient (Wildman–Crippen LogP) is 5.51. The summed E-state index contributed by atoms with van der Waals surface area (Å²) in [5.74, 6) is 0.179. The number of carbonyl (C=O) groups excluding carboxylic acids is 1. The lowest BCUT2D eigenvalue weighted by Gasteiger charge is -2.26. The fraction of sp³-hybridized carbons (Fsp3) is 0.542. The van der Waals surface area contributed by atoms with Crippen LogP contribution in [-0.4, -0.2) is 30.0 Å². The zero-order valence-electron chi connectivity index (χ0n) is 17.3. The van der Waals surface area contributed by atoms with E-state index in [0.29, 0.717) is 12.6 Å². The Labute approximate surface area is 168 Å². The molecule has 1 aromatic heterocycles. The number of hydrogen-bond donors (Lipinski definition) is 1. The molecule has 4 nitrogen and oxygen atoms in total. The van der Waals surface area contributed by atoms with Gasteiger partial charge >= 0.3 is 0 Å². The summed E-state index contributed by atoms with van der Waals surface area (Å²) in [5, 5.41) is 3.32. The molecule has 0 radical (unpaired) electrons. The smallest absolute Gasteiger partial charge is 0.183 e. The molecule has 2 heterocycles. The zero-order chi connectivity index (χ0) is 19.5. The van der Waals surface area contributed by atoms with Crippen LogP contribution in [0.2, 0.25) is 0 Å². The third kappa shape index (κ3) is 3.96. The van der Waals surface area contributed by atoms with Gasteiger partial charge in [0.1, 0.15) is 0 Å². The van der Waals surface area contributed by atoms with Crippen molar-refractivity contribution in [1.82, 2.24) is 4.57 Å². The minimum atomic E-state index is 0.179. The van der Waals surface area contributed by atoms with E-state index in [-0.39, 0.29) is 5.78 Å². The van der Waals surface area contributed by atoms with Crippen LogP contribution < -0.4 is 10.2 Å². The first kappa shape index (κ1) is 19.1. The largest absolute Gasteiger partial charge is 0.378 e. The Balaban J connectivity index is 1.39. The molecule has 1 saturated carbocycles. The van der Waals surface area contributed by atoms with E-state index in [9.17, 15) is 4.79 Å². The first-order valence-electron chi connectivity index (χ1n) is 10.9. The standard InChI is InChI=1S/C24H33N3O/c1-18-16-23(19(2)27(18)22-8-4-3-5-9-22)24(28)17-25-20-10-12-21(13-11-20)26-14-6-7-15-26/h10-13,16,22,25H,3-9,14-15,17H2,1-2H3. The predicted molar refractivity (Wildman–Crippen MR) is 117 cm³/mol. The fourth-order valence-electron chi connectivity index (χ4n) is 5.00. The van der Waals surface area contributed by atoms with Gasteiger partial charge in [0.2, 0.25) is 0 Å². The van der Waals surface area contributed by atoms with Crippen molar-refractivity contribution in [3.05, 3.63) is 47.3 Å². The number of anilines is 2. The molecule has 2 aliphatic rings. The molecule has 28 heavy (non-hydrogen) atoms. The molecule has 0 bridgehead atoms. The maximum Gasteiger partial charge on any atom is 0.183 e. The van der Waals surface area contributed by atoms with Gasteiger partial charge in [-0.3, -0.25) is 4.79 Å². The molecule has 4 heteroatoms. The summed E-state index contributed by atoms with van der Waals surface area (Å²) >= 11 is 0. The van der Waals surface area contributed by atoms with E-state index in [4.69, 9.17) is 0 Å². The van der Waals surface area contributed by atoms with Crippen molar-refractivity contribution in [3.63, 3.8) is 0 Å². The average molecular weight is 380 g/mol. The van der Waals surface area contributed by atoms with Crippen LogP contribution in [0, 0.1) is 13.8 Å². The highest BCUT2D eigenvalue weighted by molar-refractivity contribution is 6.00. The number of aromatic nitrogens is 1. The normalized spacial score (nSPS) is 17.9. The van der Waals surface area contributed by atoms with Crippen molar-refractivity contribution in [1.29, 1.82) is 0 Å². The van der Waals surface area contributed by atoms with Crippen molar-refractivity contribution >= 4 is 17.2 Å². The minimum absolute atomic E-state index is 0.179. The van der Waals surface area contributed by atoms with Gasteiger partial charge in [-0.25, -0.2) is 0 Å². The summed E-state index contributed by atoms with van der Waals surface area (Å²) in [6.07, 6.45) is 9.01. The van der Waals surface area contributed by atoms with Gasteiger partial charge in [-0.15, -0.1) is 0 Å². The summed E-state index contributed by atoms with van der Waals surface area (Å²) in [4.78, 5) is 15.3. The van der Waals surface area contributed by atoms with Crippen LogP contribution in [0.4, 0.5) is 11.4 Å². The number of ketones is 1. The summed E-state index contributed by atoms with van der Waals surface area (Å²) < 4.78 is 2.41. The van der Waals surface area contributed by atoms with Gasteiger partial charge in [0.25, 0.3) is 0 Å². The quantitative estimate of drug-likeness (QED) is 0.673. The van der Waals surface area contributed by atoms with Crippen molar-refractivity contribution in [2.24, 2.45) is 0 Å². The topological polar surface area (TPSA) is 37.3 Å². The molecule has 1 aliphatic heterocycles. The highest BCUT2D eigenvalue weighted by atomic mass is 16.1. The number of aryl methyl sites for hydroxylation is 1. The van der Waals surface area contributed by atoms with Crippen molar-refractivity contribution in [3.8, 4) is 0 Å². The van der Waals surface area contributed by atoms with Crippen LogP contribution in [0.25, 0.3) is 0 Å². The first-order valence-corrected chi connectivity index (χ1v) is 10.9. The van der Waals surface area contributed by atoms with Gasteiger partial charge in [-0.1, -0.05) is 19.3 Å². The molecule has 2 aromatic rings. The molecule has 1 aliphatic carbocycles. The molecule has 1 N–H and O–H groups in total. The van der Waals surface area contributed by atoms with Crippen LogP contribution in [0.5, 0.6) is 0 Å². The molecule has 150 valence electrons. The maximum atomic E-state index is 12.9. The number of hydrogen-bond acceptors (Lipinski definition) is 3. The molecule has 2 fully saturated rings. The molecular weight excluding hydrogens is 346 g/mol. The van der Waals surface area contributed by atoms with E-state index >= 15 is 0 Å². The van der Waals surface area contributed by atoms with E-state index in [0.717, 1.165) is 30.0 Å². The third-order valence-electron chi connectivity index (χ3n) is 6.52. The Morgan fingerprint density at radius 2 is 1.68 bits per heavy atom. The van der Waals surface area contributed by atoms with Crippen LogP contribution in [-0.2, 0) is 0 Å². The minimum Gasteiger partial charge on any atom is -0.378 e. The van der Waals surface area contributed by atoms with Crippen molar-refractivity contribution < 1.29 is 4.79 Å². The first-order chi connectivity index (χ1) is 13.6. The summed E-state index contributed by atoms with van der Waals surface area (Å²) in [6, 6.07) is 11.2. The van der Waals surface area contributed by atoms with E-state index < -0.39 is 0 Å². The lowest BCUT2D eigenvalue weighted by atomic mass is 9.95.